The number of fused-ring (bicyclic) bond motifs is 3. The van der Waals surface area contributed by atoms with E-state index in [0.29, 0.717) is 10.8 Å². The summed E-state index contributed by atoms with van der Waals surface area (Å²) in [5.74, 6) is -0.950. The Morgan fingerprint density at radius 2 is 1.88 bits per heavy atom. The van der Waals surface area contributed by atoms with Crippen molar-refractivity contribution in [1.29, 1.82) is 0 Å². The lowest BCUT2D eigenvalue weighted by atomic mass is 9.80. The van der Waals surface area contributed by atoms with Gasteiger partial charge in [0, 0.05) is 18.6 Å². The molecule has 0 unspecified atom stereocenters. The maximum absolute atomic E-state index is 11.5. The second-order valence-electron chi connectivity index (χ2n) is 6.46. The lowest BCUT2D eigenvalue weighted by Gasteiger charge is -2.18. The lowest BCUT2D eigenvalue weighted by molar-refractivity contribution is -0.429. The van der Waals surface area contributed by atoms with Gasteiger partial charge >= 0.3 is 5.97 Å². The molecule has 6 nitrogen and oxygen atoms in total. The summed E-state index contributed by atoms with van der Waals surface area (Å²) in [7, 11) is -4.59. The van der Waals surface area contributed by atoms with Crippen LogP contribution in [-0.4, -0.2) is 40.9 Å². The van der Waals surface area contributed by atoms with Gasteiger partial charge < -0.3 is 9.66 Å². The molecule has 1 heterocycles. The number of carboxylic acid groups (broad SMARTS) is 1. The van der Waals surface area contributed by atoms with Crippen molar-refractivity contribution in [2.24, 2.45) is 0 Å². The number of hydrogen-bond donors (Lipinski definition) is 1. The molecule has 0 amide bonds. The molecule has 0 saturated heterocycles. The Morgan fingerprint density at radius 1 is 1.21 bits per heavy atom. The second kappa shape index (κ2) is 5.12. The Bertz CT molecular complexity index is 1020. The second-order valence-corrected chi connectivity index (χ2v) is 7.80. The largest absolute Gasteiger partial charge is 0.744 e. The molecule has 0 aromatic heterocycles. The molecule has 1 aliphatic heterocycles. The predicted octanol–water partition coefficient (Wildman–Crippen LogP) is 2.22. The third-order valence-corrected chi connectivity index (χ3v) is 5.68. The van der Waals surface area contributed by atoms with E-state index in [2.05, 4.69) is 0 Å². The number of hydrogen-bond acceptors (Lipinski definition) is 4. The summed E-state index contributed by atoms with van der Waals surface area (Å²) >= 11 is 0. The van der Waals surface area contributed by atoms with Gasteiger partial charge in [-0.3, -0.25) is 0 Å². The summed E-state index contributed by atoms with van der Waals surface area (Å²) in [6.45, 7) is 5.61. The monoisotopic (exact) mass is 347 g/mol. The standard InChI is InChI=1S/C17H17NO5S/c1-10-17(2,3)16-12-5-4-6-14(24(21,22)23)11(12)7-8-13(16)18(10)9-15(19)20/h4-8H,9H2,1-3H3,(H-,19,20,21,22,23). The van der Waals surface area contributed by atoms with E-state index in [9.17, 15) is 22.9 Å². The highest BCUT2D eigenvalue weighted by molar-refractivity contribution is 7.86. The molecule has 2 aromatic rings. The summed E-state index contributed by atoms with van der Waals surface area (Å²) in [6, 6.07) is 7.86. The molecular formula is C17H17NO5S. The molecule has 0 fully saturated rings. The highest BCUT2D eigenvalue weighted by Crippen LogP contribution is 2.44. The fraction of sp³-hybridized carbons (Fsp3) is 0.294. The molecule has 0 spiro atoms. The van der Waals surface area contributed by atoms with Crippen LogP contribution < -0.4 is 0 Å². The Balaban J connectivity index is 2.40. The number of benzene rings is 2. The van der Waals surface area contributed by atoms with Crippen molar-refractivity contribution in [3.05, 3.63) is 35.9 Å². The van der Waals surface area contributed by atoms with Crippen LogP contribution in [0.15, 0.2) is 35.2 Å². The number of carbonyl (C=O) groups is 1. The summed E-state index contributed by atoms with van der Waals surface area (Å²) in [5.41, 5.74) is 1.95. The number of nitrogens with zero attached hydrogens (tertiary/aromatic N) is 1. The molecule has 0 saturated carbocycles. The van der Waals surface area contributed by atoms with Crippen LogP contribution in [0.5, 0.6) is 0 Å². The highest BCUT2D eigenvalue weighted by Gasteiger charge is 2.45. The van der Waals surface area contributed by atoms with Crippen LogP contribution in [0.3, 0.4) is 0 Å². The van der Waals surface area contributed by atoms with E-state index in [1.165, 1.54) is 6.07 Å². The van der Waals surface area contributed by atoms with Crippen LogP contribution in [0.4, 0.5) is 5.69 Å². The summed E-state index contributed by atoms with van der Waals surface area (Å²) in [6.07, 6.45) is 0. The predicted molar refractivity (Wildman–Crippen MR) is 88.0 cm³/mol. The van der Waals surface area contributed by atoms with Crippen molar-refractivity contribution in [1.82, 2.24) is 0 Å². The molecule has 0 aliphatic carbocycles. The van der Waals surface area contributed by atoms with Crippen molar-refractivity contribution in [2.45, 2.75) is 31.1 Å². The normalized spacial score (nSPS) is 16.5. The third kappa shape index (κ3) is 2.32. The van der Waals surface area contributed by atoms with Crippen molar-refractivity contribution < 1.29 is 27.4 Å². The molecule has 0 atom stereocenters. The van der Waals surface area contributed by atoms with Gasteiger partial charge in [0.15, 0.2) is 5.71 Å². The van der Waals surface area contributed by atoms with Gasteiger partial charge in [0.1, 0.15) is 10.1 Å². The molecule has 126 valence electrons. The first-order valence-corrected chi connectivity index (χ1v) is 8.81. The van der Waals surface area contributed by atoms with E-state index in [-0.39, 0.29) is 11.4 Å². The zero-order valence-corrected chi connectivity index (χ0v) is 14.3. The molecule has 1 N–H and O–H groups in total. The van der Waals surface area contributed by atoms with Gasteiger partial charge in [0.25, 0.3) is 0 Å². The first-order valence-electron chi connectivity index (χ1n) is 7.40. The average Bonchev–Trinajstić information content (AvgIpc) is 2.66. The zero-order valence-electron chi connectivity index (χ0n) is 13.5. The molecule has 0 radical (unpaired) electrons. The molecule has 24 heavy (non-hydrogen) atoms. The Kier molecular flexibility index (Phi) is 3.54. The lowest BCUT2D eigenvalue weighted by Crippen LogP contribution is -2.28. The smallest absolute Gasteiger partial charge is 0.370 e. The van der Waals surface area contributed by atoms with Gasteiger partial charge in [-0.1, -0.05) is 12.1 Å². The van der Waals surface area contributed by atoms with E-state index in [0.717, 1.165) is 17.0 Å². The van der Waals surface area contributed by atoms with Gasteiger partial charge in [-0.2, -0.15) is 4.58 Å². The van der Waals surface area contributed by atoms with E-state index in [4.69, 9.17) is 0 Å². The maximum atomic E-state index is 11.5. The average molecular weight is 347 g/mol. The molecule has 2 aromatic carbocycles. The number of rotatable bonds is 3. The minimum absolute atomic E-state index is 0.173. The van der Waals surface area contributed by atoms with Crippen molar-refractivity contribution in [2.75, 3.05) is 6.54 Å². The molecule has 0 bridgehead atoms. The Labute approximate surface area is 139 Å². The highest BCUT2D eigenvalue weighted by atomic mass is 32.2. The zero-order chi connectivity index (χ0) is 17.9. The number of carboxylic acids is 1. The van der Waals surface area contributed by atoms with Crippen molar-refractivity contribution >= 4 is 38.3 Å². The van der Waals surface area contributed by atoms with E-state index in [1.807, 2.05) is 20.8 Å². The Morgan fingerprint density at radius 3 is 2.46 bits per heavy atom. The third-order valence-electron chi connectivity index (χ3n) is 4.79. The van der Waals surface area contributed by atoms with Crippen LogP contribution in [0.25, 0.3) is 10.8 Å². The van der Waals surface area contributed by atoms with E-state index in [1.54, 1.807) is 28.8 Å². The fourth-order valence-corrected chi connectivity index (χ4v) is 4.15. The minimum Gasteiger partial charge on any atom is -0.744 e. The molecule has 1 aliphatic rings. The number of aliphatic carboxylic acids is 1. The van der Waals surface area contributed by atoms with Gasteiger partial charge in [0.2, 0.25) is 12.2 Å². The van der Waals surface area contributed by atoms with Crippen LogP contribution in [-0.2, 0) is 20.3 Å². The quantitative estimate of drug-likeness (QED) is 0.678. The van der Waals surface area contributed by atoms with Gasteiger partial charge in [0.05, 0.1) is 10.3 Å². The SMILES string of the molecule is CC1=[N+](CC(=O)O)c2ccc3c(S(=O)(=O)[O-])cccc3c2C1(C)C. The van der Waals surface area contributed by atoms with Crippen molar-refractivity contribution in [3.8, 4) is 0 Å². The Hall–Kier alpha value is -2.25. The van der Waals surface area contributed by atoms with Crippen LogP contribution in [0, 0.1) is 0 Å². The first-order chi connectivity index (χ1) is 11.0. The van der Waals surface area contributed by atoms with Crippen LogP contribution in [0.1, 0.15) is 26.3 Å². The van der Waals surface area contributed by atoms with Gasteiger partial charge in [-0.15, -0.1) is 0 Å². The van der Waals surface area contributed by atoms with Crippen LogP contribution in [0.2, 0.25) is 0 Å². The minimum atomic E-state index is -4.59. The van der Waals surface area contributed by atoms with E-state index < -0.39 is 21.5 Å². The van der Waals surface area contributed by atoms with E-state index >= 15 is 0 Å². The fourth-order valence-electron chi connectivity index (χ4n) is 3.46. The molecular weight excluding hydrogens is 330 g/mol. The topological polar surface area (TPSA) is 97.5 Å². The van der Waals surface area contributed by atoms with Crippen LogP contribution >= 0.6 is 0 Å². The summed E-state index contributed by atoms with van der Waals surface area (Å²) in [5, 5.41) is 10.2. The summed E-state index contributed by atoms with van der Waals surface area (Å²) in [4.78, 5) is 10.9. The first kappa shape index (κ1) is 16.6. The maximum Gasteiger partial charge on any atom is 0.370 e. The van der Waals surface area contributed by atoms with Crippen molar-refractivity contribution in [3.63, 3.8) is 0 Å². The van der Waals surface area contributed by atoms with Gasteiger partial charge in [-0.05, 0) is 36.8 Å². The molecule has 7 heteroatoms. The molecule has 3 rings (SSSR count). The van der Waals surface area contributed by atoms with Gasteiger partial charge in [-0.25, -0.2) is 13.2 Å². The summed E-state index contributed by atoms with van der Waals surface area (Å²) < 4.78 is 36.3.